The summed E-state index contributed by atoms with van der Waals surface area (Å²) < 4.78 is 15.8. The number of benzene rings is 2. The number of halogens is 1. The maximum atomic E-state index is 11.3. The highest BCUT2D eigenvalue weighted by atomic mass is 35.5. The van der Waals surface area contributed by atoms with Crippen LogP contribution in [0.15, 0.2) is 42.5 Å². The van der Waals surface area contributed by atoms with Crippen LogP contribution in [0.4, 0.5) is 5.69 Å². The van der Waals surface area contributed by atoms with Gasteiger partial charge in [0.2, 0.25) is 0 Å². The fourth-order valence-electron chi connectivity index (χ4n) is 1.78. The van der Waals surface area contributed by atoms with Crippen molar-refractivity contribution in [2.75, 3.05) is 13.2 Å². The molecule has 2 rings (SSSR count). The number of hydrogen-bond acceptors (Lipinski definition) is 4. The summed E-state index contributed by atoms with van der Waals surface area (Å²) in [6.07, 6.45) is 0. The minimum atomic E-state index is -0.435. The zero-order chi connectivity index (χ0) is 16.7. The van der Waals surface area contributed by atoms with E-state index in [4.69, 9.17) is 32.4 Å². The van der Waals surface area contributed by atoms with E-state index in [1.54, 1.807) is 49.4 Å². The normalized spacial score (nSPS) is 9.78. The van der Waals surface area contributed by atoms with Gasteiger partial charge in [0, 0.05) is 11.1 Å². The molecule has 0 fully saturated rings. The summed E-state index contributed by atoms with van der Waals surface area (Å²) in [6.45, 7) is 8.90. The van der Waals surface area contributed by atoms with Crippen LogP contribution in [0.5, 0.6) is 17.2 Å². The van der Waals surface area contributed by atoms with Gasteiger partial charge in [0.15, 0.2) is 12.3 Å². The van der Waals surface area contributed by atoms with Gasteiger partial charge >= 0.3 is 5.97 Å². The molecule has 5 nitrogen and oxygen atoms in total. The molecule has 0 heterocycles. The van der Waals surface area contributed by atoms with E-state index in [2.05, 4.69) is 4.85 Å². The molecule has 0 unspecified atom stereocenters. The SMILES string of the molecule is [C-]#[N+]c1cc(Cl)cc(Oc2cccc(OCC(=O)OCC)c2)c1. The van der Waals surface area contributed by atoms with Gasteiger partial charge in [-0.05, 0) is 37.3 Å². The molecule has 0 bridgehead atoms. The standard InChI is InChI=1S/C17H14ClNO4/c1-3-21-17(20)11-22-14-5-4-6-15(10-14)23-16-8-12(18)7-13(9-16)19-2/h4-10H,3,11H2,1H3. The van der Waals surface area contributed by atoms with Crippen molar-refractivity contribution in [3.8, 4) is 17.2 Å². The molecule has 0 aliphatic rings. The third-order valence-corrected chi connectivity index (χ3v) is 2.91. The van der Waals surface area contributed by atoms with Gasteiger partial charge in [0.1, 0.15) is 17.2 Å². The molecular formula is C17H14ClNO4. The molecule has 6 heteroatoms. The van der Waals surface area contributed by atoms with E-state index >= 15 is 0 Å². The van der Waals surface area contributed by atoms with Crippen molar-refractivity contribution in [2.24, 2.45) is 0 Å². The van der Waals surface area contributed by atoms with E-state index in [1.165, 1.54) is 0 Å². The second-order valence-electron chi connectivity index (χ2n) is 4.43. The first-order chi connectivity index (χ1) is 11.1. The lowest BCUT2D eigenvalue weighted by molar-refractivity contribution is -0.145. The van der Waals surface area contributed by atoms with Crippen molar-refractivity contribution in [1.29, 1.82) is 0 Å². The van der Waals surface area contributed by atoms with E-state index < -0.39 is 5.97 Å². The van der Waals surface area contributed by atoms with Gasteiger partial charge in [0.25, 0.3) is 0 Å². The maximum absolute atomic E-state index is 11.3. The zero-order valence-electron chi connectivity index (χ0n) is 12.4. The summed E-state index contributed by atoms with van der Waals surface area (Å²) in [4.78, 5) is 14.6. The molecule has 0 aliphatic carbocycles. The Balaban J connectivity index is 2.07. The van der Waals surface area contributed by atoms with Gasteiger partial charge < -0.3 is 14.2 Å². The molecule has 0 saturated carbocycles. The first-order valence-corrected chi connectivity index (χ1v) is 7.23. The molecule has 0 spiro atoms. The van der Waals surface area contributed by atoms with Gasteiger partial charge in [-0.2, -0.15) is 0 Å². The molecule has 23 heavy (non-hydrogen) atoms. The molecule has 2 aromatic carbocycles. The third kappa shape index (κ3) is 5.20. The first kappa shape index (κ1) is 16.7. The Kier molecular flexibility index (Phi) is 5.84. The smallest absolute Gasteiger partial charge is 0.344 e. The summed E-state index contributed by atoms with van der Waals surface area (Å²) >= 11 is 5.94. The van der Waals surface area contributed by atoms with Crippen LogP contribution in [-0.2, 0) is 9.53 Å². The number of nitrogens with zero attached hydrogens (tertiary/aromatic N) is 1. The Hall–Kier alpha value is -2.71. The van der Waals surface area contributed by atoms with Gasteiger partial charge in [-0.1, -0.05) is 17.7 Å². The molecule has 0 aliphatic heterocycles. The highest BCUT2D eigenvalue weighted by molar-refractivity contribution is 6.31. The number of carbonyl (C=O) groups excluding carboxylic acids is 1. The van der Waals surface area contributed by atoms with Gasteiger partial charge in [-0.3, -0.25) is 0 Å². The molecule has 0 aromatic heterocycles. The molecule has 2 aromatic rings. The van der Waals surface area contributed by atoms with Gasteiger partial charge in [-0.25, -0.2) is 9.64 Å². The topological polar surface area (TPSA) is 49.1 Å². The van der Waals surface area contributed by atoms with Crippen LogP contribution in [0.3, 0.4) is 0 Å². The Morgan fingerprint density at radius 2 is 1.96 bits per heavy atom. The van der Waals surface area contributed by atoms with E-state index in [1.807, 2.05) is 0 Å². The molecule has 0 atom stereocenters. The van der Waals surface area contributed by atoms with Gasteiger partial charge in [0.05, 0.1) is 13.2 Å². The minimum Gasteiger partial charge on any atom is -0.482 e. The molecular weight excluding hydrogens is 318 g/mol. The number of esters is 1. The molecule has 118 valence electrons. The summed E-state index contributed by atoms with van der Waals surface area (Å²) in [5.74, 6) is 0.994. The van der Waals surface area contributed by atoms with Crippen LogP contribution in [0, 0.1) is 6.57 Å². The predicted molar refractivity (Wildman–Crippen MR) is 86.4 cm³/mol. The van der Waals surface area contributed by atoms with Crippen molar-refractivity contribution in [2.45, 2.75) is 6.92 Å². The highest BCUT2D eigenvalue weighted by Crippen LogP contribution is 2.31. The molecule has 0 radical (unpaired) electrons. The van der Waals surface area contributed by atoms with Crippen molar-refractivity contribution in [1.82, 2.24) is 0 Å². The monoisotopic (exact) mass is 331 g/mol. The van der Waals surface area contributed by atoms with Crippen molar-refractivity contribution < 1.29 is 19.0 Å². The van der Waals surface area contributed by atoms with Gasteiger partial charge in [-0.15, -0.1) is 0 Å². The van der Waals surface area contributed by atoms with Crippen molar-refractivity contribution >= 4 is 23.3 Å². The maximum Gasteiger partial charge on any atom is 0.344 e. The highest BCUT2D eigenvalue weighted by Gasteiger charge is 2.06. The van der Waals surface area contributed by atoms with E-state index in [0.29, 0.717) is 34.6 Å². The van der Waals surface area contributed by atoms with Crippen LogP contribution in [0.25, 0.3) is 4.85 Å². The Morgan fingerprint density at radius 1 is 1.17 bits per heavy atom. The third-order valence-electron chi connectivity index (χ3n) is 2.69. The van der Waals surface area contributed by atoms with Crippen LogP contribution in [0.2, 0.25) is 5.02 Å². The lowest BCUT2D eigenvalue weighted by Crippen LogP contribution is -2.14. The van der Waals surface area contributed by atoms with Crippen LogP contribution in [-0.4, -0.2) is 19.2 Å². The zero-order valence-corrected chi connectivity index (χ0v) is 13.2. The second kappa shape index (κ2) is 8.06. The average Bonchev–Trinajstić information content (AvgIpc) is 2.53. The summed E-state index contributed by atoms with van der Waals surface area (Å²) in [5, 5.41) is 0.420. The van der Waals surface area contributed by atoms with Crippen molar-refractivity contribution in [3.05, 3.63) is 58.9 Å². The Labute approximate surface area is 139 Å². The minimum absolute atomic E-state index is 0.170. The fourth-order valence-corrected chi connectivity index (χ4v) is 2.00. The van der Waals surface area contributed by atoms with E-state index in [-0.39, 0.29) is 6.61 Å². The fraction of sp³-hybridized carbons (Fsp3) is 0.176. The Morgan fingerprint density at radius 3 is 2.70 bits per heavy atom. The van der Waals surface area contributed by atoms with Crippen LogP contribution in [0.1, 0.15) is 6.92 Å². The predicted octanol–water partition coefficient (Wildman–Crippen LogP) is 4.62. The summed E-state index contributed by atoms with van der Waals surface area (Å²) in [6, 6.07) is 11.6. The largest absolute Gasteiger partial charge is 0.482 e. The average molecular weight is 332 g/mol. The van der Waals surface area contributed by atoms with Crippen LogP contribution >= 0.6 is 11.6 Å². The van der Waals surface area contributed by atoms with Crippen LogP contribution < -0.4 is 9.47 Å². The molecule has 0 saturated heterocycles. The second-order valence-corrected chi connectivity index (χ2v) is 4.86. The molecule has 0 N–H and O–H groups in total. The lowest BCUT2D eigenvalue weighted by Gasteiger charge is -2.09. The number of carbonyl (C=O) groups is 1. The number of hydrogen-bond donors (Lipinski definition) is 0. The van der Waals surface area contributed by atoms with Crippen molar-refractivity contribution in [3.63, 3.8) is 0 Å². The number of ether oxygens (including phenoxy) is 3. The Bertz CT molecular complexity index is 740. The van der Waals surface area contributed by atoms with E-state index in [0.717, 1.165) is 0 Å². The summed E-state index contributed by atoms with van der Waals surface area (Å²) in [5.41, 5.74) is 0.391. The summed E-state index contributed by atoms with van der Waals surface area (Å²) in [7, 11) is 0. The quantitative estimate of drug-likeness (QED) is 0.572. The molecule has 0 amide bonds. The number of rotatable bonds is 6. The van der Waals surface area contributed by atoms with E-state index in [9.17, 15) is 4.79 Å². The lowest BCUT2D eigenvalue weighted by atomic mass is 10.3. The first-order valence-electron chi connectivity index (χ1n) is 6.85.